The van der Waals surface area contributed by atoms with Crippen molar-refractivity contribution in [2.24, 2.45) is 0 Å². The first-order valence-electron chi connectivity index (χ1n) is 7.37. The molecule has 1 aliphatic carbocycles. The van der Waals surface area contributed by atoms with Gasteiger partial charge in [0, 0.05) is 14.2 Å². The number of alkyl carbamates (subject to hydrolysis) is 1. The lowest BCUT2D eigenvalue weighted by atomic mass is 10.1. The van der Waals surface area contributed by atoms with Crippen molar-refractivity contribution in [1.82, 2.24) is 5.32 Å². The van der Waals surface area contributed by atoms with Crippen molar-refractivity contribution in [2.75, 3.05) is 27.8 Å². The summed E-state index contributed by atoms with van der Waals surface area (Å²) in [5.41, 5.74) is 0.202. The first kappa shape index (κ1) is 19.6. The van der Waals surface area contributed by atoms with E-state index in [0.717, 1.165) is 5.57 Å². The van der Waals surface area contributed by atoms with Gasteiger partial charge >= 0.3 is 6.09 Å². The standard InChI is InChI=1S/C16H27NO6/c1-7-11-8-12(21-9-19-5)14(22-10-20-6)13(11)17-15(18)23-16(2,3)4/h7-8,12-14H,1,9-10H2,2-6H3,(H,17,18)/t12-,13-,14+/m0/s1. The number of ether oxygens (including phenoxy) is 5. The molecule has 132 valence electrons. The fourth-order valence-corrected chi connectivity index (χ4v) is 2.19. The van der Waals surface area contributed by atoms with Gasteiger partial charge in [0.25, 0.3) is 0 Å². The Bertz CT molecular complexity index is 429. The first-order valence-corrected chi connectivity index (χ1v) is 7.37. The molecule has 0 aromatic heterocycles. The quantitative estimate of drug-likeness (QED) is 0.686. The van der Waals surface area contributed by atoms with Crippen LogP contribution in [0, 0.1) is 0 Å². The zero-order valence-electron chi connectivity index (χ0n) is 14.5. The van der Waals surface area contributed by atoms with Gasteiger partial charge in [0.15, 0.2) is 0 Å². The molecule has 23 heavy (non-hydrogen) atoms. The van der Waals surface area contributed by atoms with Gasteiger partial charge in [0.1, 0.15) is 31.4 Å². The molecule has 0 spiro atoms. The van der Waals surface area contributed by atoms with Crippen LogP contribution in [0.5, 0.6) is 0 Å². The maximum atomic E-state index is 12.1. The van der Waals surface area contributed by atoms with Gasteiger partial charge in [-0.25, -0.2) is 4.79 Å². The van der Waals surface area contributed by atoms with Crippen molar-refractivity contribution in [3.8, 4) is 0 Å². The minimum atomic E-state index is -0.588. The number of carbonyl (C=O) groups is 1. The summed E-state index contributed by atoms with van der Waals surface area (Å²) < 4.78 is 26.4. The second-order valence-electron chi connectivity index (χ2n) is 6.07. The molecule has 0 aromatic rings. The molecule has 0 saturated heterocycles. The molecule has 0 radical (unpaired) electrons. The van der Waals surface area contributed by atoms with E-state index in [1.54, 1.807) is 26.8 Å². The van der Waals surface area contributed by atoms with Crippen LogP contribution in [-0.4, -0.2) is 57.7 Å². The molecule has 1 N–H and O–H groups in total. The lowest BCUT2D eigenvalue weighted by Crippen LogP contribution is -2.48. The molecule has 0 unspecified atom stereocenters. The maximum absolute atomic E-state index is 12.1. The maximum Gasteiger partial charge on any atom is 0.408 e. The van der Waals surface area contributed by atoms with E-state index in [1.807, 2.05) is 6.08 Å². The molecule has 1 rings (SSSR count). The van der Waals surface area contributed by atoms with E-state index in [-0.39, 0.29) is 13.6 Å². The highest BCUT2D eigenvalue weighted by Gasteiger charge is 2.39. The van der Waals surface area contributed by atoms with Crippen molar-refractivity contribution in [3.63, 3.8) is 0 Å². The Morgan fingerprint density at radius 2 is 1.87 bits per heavy atom. The molecular weight excluding hydrogens is 302 g/mol. The monoisotopic (exact) mass is 329 g/mol. The van der Waals surface area contributed by atoms with Crippen LogP contribution < -0.4 is 5.32 Å². The third kappa shape index (κ3) is 6.31. The molecule has 0 heterocycles. The second kappa shape index (κ2) is 9.02. The van der Waals surface area contributed by atoms with Crippen LogP contribution in [0.25, 0.3) is 0 Å². The van der Waals surface area contributed by atoms with Crippen LogP contribution in [-0.2, 0) is 23.7 Å². The van der Waals surface area contributed by atoms with Crippen molar-refractivity contribution < 1.29 is 28.5 Å². The van der Waals surface area contributed by atoms with Gasteiger partial charge in [-0.3, -0.25) is 0 Å². The zero-order valence-corrected chi connectivity index (χ0v) is 14.5. The summed E-state index contributed by atoms with van der Waals surface area (Å²) in [6, 6.07) is -0.445. The highest BCUT2D eigenvalue weighted by atomic mass is 16.7. The number of hydrogen-bond donors (Lipinski definition) is 1. The average Bonchev–Trinajstić information content (AvgIpc) is 2.77. The Morgan fingerprint density at radius 3 is 2.39 bits per heavy atom. The normalized spacial score (nSPS) is 24.2. The number of amides is 1. The Kier molecular flexibility index (Phi) is 7.70. The predicted molar refractivity (Wildman–Crippen MR) is 84.9 cm³/mol. The lowest BCUT2D eigenvalue weighted by Gasteiger charge is -2.28. The van der Waals surface area contributed by atoms with Crippen LogP contribution in [0.15, 0.2) is 24.3 Å². The molecule has 0 aromatic carbocycles. The fraction of sp³-hybridized carbons (Fsp3) is 0.688. The van der Waals surface area contributed by atoms with Crippen LogP contribution in [0.3, 0.4) is 0 Å². The van der Waals surface area contributed by atoms with Gasteiger partial charge in [-0.15, -0.1) is 0 Å². The number of hydrogen-bond acceptors (Lipinski definition) is 6. The summed E-state index contributed by atoms with van der Waals surface area (Å²) in [6.45, 7) is 9.35. The van der Waals surface area contributed by atoms with Crippen LogP contribution in [0.1, 0.15) is 20.8 Å². The van der Waals surface area contributed by atoms with Crippen molar-refractivity contribution >= 4 is 6.09 Å². The molecule has 0 fully saturated rings. The summed E-state index contributed by atoms with van der Waals surface area (Å²) in [5, 5.41) is 2.80. The van der Waals surface area contributed by atoms with Crippen molar-refractivity contribution in [1.29, 1.82) is 0 Å². The Balaban J connectivity index is 2.83. The van der Waals surface area contributed by atoms with Crippen LogP contribution >= 0.6 is 0 Å². The van der Waals surface area contributed by atoms with E-state index >= 15 is 0 Å². The molecule has 7 heteroatoms. The molecule has 1 amide bonds. The van der Waals surface area contributed by atoms with Crippen molar-refractivity contribution in [2.45, 2.75) is 44.6 Å². The van der Waals surface area contributed by atoms with E-state index in [9.17, 15) is 4.79 Å². The summed E-state index contributed by atoms with van der Waals surface area (Å²) in [6.07, 6.45) is 2.10. The molecule has 1 aliphatic rings. The Labute approximate surface area is 137 Å². The highest BCUT2D eigenvalue weighted by molar-refractivity contribution is 5.69. The van der Waals surface area contributed by atoms with E-state index in [0.29, 0.717) is 0 Å². The van der Waals surface area contributed by atoms with Crippen LogP contribution in [0.4, 0.5) is 4.79 Å². The van der Waals surface area contributed by atoms with Gasteiger partial charge in [-0.2, -0.15) is 0 Å². The molecule has 0 aliphatic heterocycles. The number of methoxy groups -OCH3 is 2. The van der Waals surface area contributed by atoms with Gasteiger partial charge in [-0.1, -0.05) is 12.7 Å². The number of rotatable bonds is 8. The van der Waals surface area contributed by atoms with E-state index in [1.165, 1.54) is 14.2 Å². The summed E-state index contributed by atoms with van der Waals surface area (Å²) in [5.74, 6) is 0. The lowest BCUT2D eigenvalue weighted by molar-refractivity contribution is -0.143. The fourth-order valence-electron chi connectivity index (χ4n) is 2.19. The molecule has 7 nitrogen and oxygen atoms in total. The second-order valence-corrected chi connectivity index (χ2v) is 6.07. The minimum absolute atomic E-state index is 0.0717. The zero-order chi connectivity index (χ0) is 17.5. The number of nitrogens with one attached hydrogen (secondary N) is 1. The van der Waals surface area contributed by atoms with E-state index < -0.39 is 29.9 Å². The van der Waals surface area contributed by atoms with Gasteiger partial charge in [0.2, 0.25) is 0 Å². The molecule has 0 bridgehead atoms. The highest BCUT2D eigenvalue weighted by Crippen LogP contribution is 2.26. The first-order chi connectivity index (χ1) is 10.8. The summed E-state index contributed by atoms with van der Waals surface area (Å²) in [4.78, 5) is 12.1. The SMILES string of the molecule is C=CC1=C[C@H](OCOC)[C@@H](OCOC)[C@H]1NC(=O)OC(C)(C)C. The Hall–Kier alpha value is -1.41. The third-order valence-electron chi connectivity index (χ3n) is 3.03. The number of carbonyl (C=O) groups excluding carboxylic acids is 1. The summed E-state index contributed by atoms with van der Waals surface area (Å²) in [7, 11) is 3.06. The summed E-state index contributed by atoms with van der Waals surface area (Å²) >= 11 is 0. The smallest absolute Gasteiger partial charge is 0.408 e. The predicted octanol–water partition coefficient (Wildman–Crippen LogP) is 1.98. The average molecular weight is 329 g/mol. The van der Waals surface area contributed by atoms with E-state index in [2.05, 4.69) is 11.9 Å². The van der Waals surface area contributed by atoms with Gasteiger partial charge < -0.3 is 29.0 Å². The Morgan fingerprint density at radius 1 is 1.26 bits per heavy atom. The topological polar surface area (TPSA) is 75.3 Å². The van der Waals surface area contributed by atoms with Gasteiger partial charge in [-0.05, 0) is 32.4 Å². The largest absolute Gasteiger partial charge is 0.444 e. The van der Waals surface area contributed by atoms with E-state index in [4.69, 9.17) is 23.7 Å². The van der Waals surface area contributed by atoms with Gasteiger partial charge in [0.05, 0.1) is 6.04 Å². The molecule has 0 saturated carbocycles. The third-order valence-corrected chi connectivity index (χ3v) is 3.03. The van der Waals surface area contributed by atoms with Crippen molar-refractivity contribution in [3.05, 3.63) is 24.3 Å². The molecule has 3 atom stereocenters. The van der Waals surface area contributed by atoms with Crippen LogP contribution in [0.2, 0.25) is 0 Å². The minimum Gasteiger partial charge on any atom is -0.444 e. The molecular formula is C16H27NO6.